The van der Waals surface area contributed by atoms with Crippen LogP contribution in [0.3, 0.4) is 0 Å². The maximum atomic E-state index is 9.68. The van der Waals surface area contributed by atoms with Gasteiger partial charge in [0, 0.05) is 13.7 Å². The molecule has 3 N–H and O–H groups in total. The van der Waals surface area contributed by atoms with Crippen LogP contribution in [0.4, 0.5) is 0 Å². The summed E-state index contributed by atoms with van der Waals surface area (Å²) in [5, 5.41) is 17.0. The SMILES string of the molecule is COCCNC(=S)N/N=C/c1cc(Br)c(O)c(OC)c1. The Bertz CT molecular complexity index is 497. The molecule has 0 heterocycles. The molecule has 0 aliphatic rings. The van der Waals surface area contributed by atoms with Gasteiger partial charge < -0.3 is 19.9 Å². The summed E-state index contributed by atoms with van der Waals surface area (Å²) in [5.41, 5.74) is 3.43. The molecule has 0 bridgehead atoms. The molecule has 0 saturated carbocycles. The van der Waals surface area contributed by atoms with E-state index in [0.717, 1.165) is 5.56 Å². The molecule has 0 aliphatic carbocycles. The van der Waals surface area contributed by atoms with Gasteiger partial charge in [0.25, 0.3) is 0 Å². The molecule has 110 valence electrons. The molecule has 0 saturated heterocycles. The molecule has 0 atom stereocenters. The maximum absolute atomic E-state index is 9.68. The molecule has 1 aromatic rings. The predicted molar refractivity (Wildman–Crippen MR) is 85.6 cm³/mol. The Kier molecular flexibility index (Phi) is 7.27. The highest BCUT2D eigenvalue weighted by molar-refractivity contribution is 9.10. The Morgan fingerprint density at radius 3 is 2.90 bits per heavy atom. The minimum absolute atomic E-state index is 0.0503. The number of aromatic hydroxyl groups is 1. The van der Waals surface area contributed by atoms with Gasteiger partial charge in [-0.1, -0.05) is 0 Å². The van der Waals surface area contributed by atoms with Crippen molar-refractivity contribution in [2.45, 2.75) is 0 Å². The van der Waals surface area contributed by atoms with Gasteiger partial charge in [-0.15, -0.1) is 0 Å². The van der Waals surface area contributed by atoms with E-state index in [2.05, 4.69) is 31.8 Å². The molecule has 0 amide bonds. The minimum Gasteiger partial charge on any atom is -0.503 e. The average Bonchev–Trinajstić information content (AvgIpc) is 2.42. The van der Waals surface area contributed by atoms with Crippen LogP contribution in [-0.2, 0) is 4.74 Å². The number of benzene rings is 1. The number of nitrogens with one attached hydrogen (secondary N) is 2. The van der Waals surface area contributed by atoms with Crippen molar-refractivity contribution in [2.24, 2.45) is 5.10 Å². The third-order valence-corrected chi connectivity index (χ3v) is 3.08. The molecule has 0 spiro atoms. The molecule has 0 unspecified atom stereocenters. The van der Waals surface area contributed by atoms with Crippen LogP contribution in [0, 0.1) is 0 Å². The number of hydrogen-bond donors (Lipinski definition) is 3. The zero-order valence-electron chi connectivity index (χ0n) is 11.1. The monoisotopic (exact) mass is 361 g/mol. The molecule has 6 nitrogen and oxygen atoms in total. The van der Waals surface area contributed by atoms with Gasteiger partial charge in [0.15, 0.2) is 16.6 Å². The van der Waals surface area contributed by atoms with Crippen LogP contribution in [0.5, 0.6) is 11.5 Å². The van der Waals surface area contributed by atoms with Crippen LogP contribution in [-0.4, -0.2) is 43.8 Å². The van der Waals surface area contributed by atoms with E-state index < -0.39 is 0 Å². The van der Waals surface area contributed by atoms with Gasteiger partial charge in [-0.2, -0.15) is 5.10 Å². The predicted octanol–water partition coefficient (Wildman–Crippen LogP) is 1.61. The van der Waals surface area contributed by atoms with Crippen LogP contribution in [0.1, 0.15) is 5.56 Å². The number of halogens is 1. The number of phenolic OH excluding ortho intramolecular Hbond substituents is 1. The molecular formula is C12H16BrN3O3S. The van der Waals surface area contributed by atoms with Crippen molar-refractivity contribution in [3.63, 3.8) is 0 Å². The first-order valence-corrected chi connectivity index (χ1v) is 6.91. The van der Waals surface area contributed by atoms with Crippen LogP contribution >= 0.6 is 28.1 Å². The fourth-order valence-corrected chi connectivity index (χ4v) is 1.91. The van der Waals surface area contributed by atoms with Crippen molar-refractivity contribution in [2.75, 3.05) is 27.4 Å². The number of thiocarbonyl (C=S) groups is 1. The van der Waals surface area contributed by atoms with Crippen molar-refractivity contribution in [3.05, 3.63) is 22.2 Å². The highest BCUT2D eigenvalue weighted by atomic mass is 79.9. The summed E-state index contributed by atoms with van der Waals surface area (Å²) in [7, 11) is 3.10. The molecule has 20 heavy (non-hydrogen) atoms. The number of hydrogen-bond acceptors (Lipinski definition) is 5. The van der Waals surface area contributed by atoms with E-state index in [1.54, 1.807) is 25.5 Å². The Morgan fingerprint density at radius 1 is 1.50 bits per heavy atom. The second kappa shape index (κ2) is 8.72. The number of hydrazone groups is 1. The normalized spacial score (nSPS) is 10.6. The highest BCUT2D eigenvalue weighted by Crippen LogP contribution is 2.34. The quantitative estimate of drug-likeness (QED) is 0.309. The first-order chi connectivity index (χ1) is 9.58. The standard InChI is InChI=1S/C12H16BrN3O3S/c1-18-4-3-14-12(20)16-15-7-8-5-9(13)11(17)10(6-8)19-2/h5-7,17H,3-4H2,1-2H3,(H2,14,16,20)/b15-7+. The maximum Gasteiger partial charge on any atom is 0.187 e. The summed E-state index contributed by atoms with van der Waals surface area (Å²) in [5.74, 6) is 0.413. The van der Waals surface area contributed by atoms with E-state index in [4.69, 9.17) is 21.7 Å². The zero-order valence-corrected chi connectivity index (χ0v) is 13.5. The summed E-state index contributed by atoms with van der Waals surface area (Å²) in [6.07, 6.45) is 1.57. The first-order valence-electron chi connectivity index (χ1n) is 5.70. The lowest BCUT2D eigenvalue weighted by Crippen LogP contribution is -2.34. The van der Waals surface area contributed by atoms with Gasteiger partial charge in [-0.3, -0.25) is 5.43 Å². The van der Waals surface area contributed by atoms with E-state index in [-0.39, 0.29) is 5.75 Å². The average molecular weight is 362 g/mol. The fraction of sp³-hybridized carbons (Fsp3) is 0.333. The summed E-state index contributed by atoms with van der Waals surface area (Å²) < 4.78 is 10.5. The van der Waals surface area contributed by atoms with Crippen molar-refractivity contribution < 1.29 is 14.6 Å². The third kappa shape index (κ3) is 5.32. The molecule has 0 fully saturated rings. The van der Waals surface area contributed by atoms with E-state index in [9.17, 15) is 5.11 Å². The molecule has 0 aromatic heterocycles. The number of methoxy groups -OCH3 is 2. The Morgan fingerprint density at radius 2 is 2.25 bits per heavy atom. The second-order valence-electron chi connectivity index (χ2n) is 3.67. The zero-order chi connectivity index (χ0) is 15.0. The summed E-state index contributed by atoms with van der Waals surface area (Å²) >= 11 is 8.25. The third-order valence-electron chi connectivity index (χ3n) is 2.24. The van der Waals surface area contributed by atoms with Crippen molar-refractivity contribution in [1.82, 2.24) is 10.7 Å². The molecule has 0 radical (unpaired) electrons. The summed E-state index contributed by atoms with van der Waals surface area (Å²) in [6.45, 7) is 1.17. The summed E-state index contributed by atoms with van der Waals surface area (Å²) in [4.78, 5) is 0. The lowest BCUT2D eigenvalue weighted by Gasteiger charge is -2.07. The smallest absolute Gasteiger partial charge is 0.187 e. The summed E-state index contributed by atoms with van der Waals surface area (Å²) in [6, 6.07) is 3.37. The van der Waals surface area contributed by atoms with Crippen molar-refractivity contribution in [1.29, 1.82) is 0 Å². The van der Waals surface area contributed by atoms with E-state index in [0.29, 0.717) is 28.5 Å². The lowest BCUT2D eigenvalue weighted by molar-refractivity contribution is 0.204. The topological polar surface area (TPSA) is 75.1 Å². The van der Waals surface area contributed by atoms with Gasteiger partial charge in [0.1, 0.15) is 0 Å². The molecule has 1 rings (SSSR count). The first kappa shape index (κ1) is 16.7. The van der Waals surface area contributed by atoms with E-state index in [1.807, 2.05) is 0 Å². The van der Waals surface area contributed by atoms with E-state index >= 15 is 0 Å². The number of ether oxygens (including phenoxy) is 2. The van der Waals surface area contributed by atoms with Gasteiger partial charge in [-0.25, -0.2) is 0 Å². The second-order valence-corrected chi connectivity index (χ2v) is 4.93. The Balaban J connectivity index is 2.58. The van der Waals surface area contributed by atoms with Crippen LogP contribution in [0.15, 0.2) is 21.7 Å². The molecule has 8 heteroatoms. The van der Waals surface area contributed by atoms with Gasteiger partial charge in [0.2, 0.25) is 0 Å². The van der Waals surface area contributed by atoms with Crippen LogP contribution < -0.4 is 15.5 Å². The number of rotatable bonds is 6. The molecule has 1 aromatic carbocycles. The van der Waals surface area contributed by atoms with Gasteiger partial charge in [-0.05, 0) is 45.8 Å². The van der Waals surface area contributed by atoms with Crippen molar-refractivity contribution >= 4 is 39.5 Å². The molecule has 0 aliphatic heterocycles. The minimum atomic E-state index is 0.0503. The fourth-order valence-electron chi connectivity index (χ4n) is 1.30. The number of phenols is 1. The van der Waals surface area contributed by atoms with Crippen molar-refractivity contribution in [3.8, 4) is 11.5 Å². The van der Waals surface area contributed by atoms with Crippen LogP contribution in [0.25, 0.3) is 0 Å². The largest absolute Gasteiger partial charge is 0.503 e. The lowest BCUT2D eigenvalue weighted by atomic mass is 10.2. The van der Waals surface area contributed by atoms with E-state index in [1.165, 1.54) is 7.11 Å². The molecular weight excluding hydrogens is 346 g/mol. The van der Waals surface area contributed by atoms with Gasteiger partial charge >= 0.3 is 0 Å². The highest BCUT2D eigenvalue weighted by Gasteiger charge is 2.07. The number of nitrogens with zero attached hydrogens (tertiary/aromatic N) is 1. The van der Waals surface area contributed by atoms with Gasteiger partial charge in [0.05, 0.1) is 24.4 Å². The van der Waals surface area contributed by atoms with Crippen LogP contribution in [0.2, 0.25) is 0 Å². The Hall–Kier alpha value is -1.38. The Labute approximate surface area is 131 Å².